The van der Waals surface area contributed by atoms with Gasteiger partial charge in [0.15, 0.2) is 17.5 Å². The van der Waals surface area contributed by atoms with E-state index < -0.39 is 9.84 Å². The number of benzene rings is 6. The molecule has 0 saturated heterocycles. The Kier molecular flexibility index (Phi) is 5.79. The first-order valence-electron chi connectivity index (χ1n) is 14.9. The van der Waals surface area contributed by atoms with E-state index in [4.69, 9.17) is 19.4 Å². The van der Waals surface area contributed by atoms with E-state index in [2.05, 4.69) is 0 Å². The summed E-state index contributed by atoms with van der Waals surface area (Å²) in [5.41, 5.74) is 6.91. The zero-order chi connectivity index (χ0) is 30.8. The van der Waals surface area contributed by atoms with Crippen molar-refractivity contribution in [3.8, 4) is 56.4 Å². The van der Waals surface area contributed by atoms with Crippen molar-refractivity contribution < 1.29 is 12.8 Å². The van der Waals surface area contributed by atoms with E-state index in [1.165, 1.54) is 0 Å². The largest absolute Gasteiger partial charge is 0.456 e. The number of hydrogen-bond acceptors (Lipinski definition) is 6. The molecular formula is C39H23N3O3S. The van der Waals surface area contributed by atoms with Crippen LogP contribution >= 0.6 is 0 Å². The smallest absolute Gasteiger partial charge is 0.207 e. The van der Waals surface area contributed by atoms with Gasteiger partial charge in [0.1, 0.15) is 11.2 Å². The summed E-state index contributed by atoms with van der Waals surface area (Å²) < 4.78 is 34.1. The summed E-state index contributed by atoms with van der Waals surface area (Å²) >= 11 is 0. The fourth-order valence-electron chi connectivity index (χ4n) is 6.30. The molecule has 0 unspecified atom stereocenters. The van der Waals surface area contributed by atoms with Crippen molar-refractivity contribution >= 4 is 31.8 Å². The summed E-state index contributed by atoms with van der Waals surface area (Å²) in [7, 11) is -3.78. The lowest BCUT2D eigenvalue weighted by Gasteiger charge is -2.10. The zero-order valence-electron chi connectivity index (χ0n) is 24.3. The summed E-state index contributed by atoms with van der Waals surface area (Å²) in [6.07, 6.45) is 0. The predicted molar refractivity (Wildman–Crippen MR) is 180 cm³/mol. The lowest BCUT2D eigenvalue weighted by Crippen LogP contribution is -2.01. The highest BCUT2D eigenvalue weighted by Crippen LogP contribution is 2.46. The number of hydrogen-bond donors (Lipinski definition) is 0. The summed E-state index contributed by atoms with van der Waals surface area (Å²) in [5, 5.41) is 1.88. The Morgan fingerprint density at radius 3 is 1.74 bits per heavy atom. The molecule has 0 spiro atoms. The van der Waals surface area contributed by atoms with Crippen LogP contribution in [0.1, 0.15) is 0 Å². The molecule has 8 aromatic rings. The fourth-order valence-corrected chi connectivity index (χ4v) is 8.04. The van der Waals surface area contributed by atoms with Crippen LogP contribution < -0.4 is 0 Å². The minimum absolute atomic E-state index is 0.247. The molecule has 0 fully saturated rings. The van der Waals surface area contributed by atoms with Crippen LogP contribution in [0.2, 0.25) is 0 Å². The molecule has 0 atom stereocenters. The van der Waals surface area contributed by atoms with Gasteiger partial charge in [-0.25, -0.2) is 23.4 Å². The molecule has 2 aromatic heterocycles. The van der Waals surface area contributed by atoms with E-state index in [1.54, 1.807) is 12.1 Å². The first-order chi connectivity index (χ1) is 22.5. The Morgan fingerprint density at radius 1 is 0.435 bits per heavy atom. The van der Waals surface area contributed by atoms with Crippen LogP contribution in [0.3, 0.4) is 0 Å². The van der Waals surface area contributed by atoms with Gasteiger partial charge >= 0.3 is 0 Å². The van der Waals surface area contributed by atoms with Crippen molar-refractivity contribution in [3.05, 3.63) is 140 Å². The van der Waals surface area contributed by atoms with Gasteiger partial charge in [-0.15, -0.1) is 0 Å². The number of sulfone groups is 1. The van der Waals surface area contributed by atoms with Crippen molar-refractivity contribution in [2.75, 3.05) is 0 Å². The molecule has 46 heavy (non-hydrogen) atoms. The number of rotatable bonds is 4. The average Bonchev–Trinajstić information content (AvgIpc) is 3.60. The van der Waals surface area contributed by atoms with Gasteiger partial charge in [-0.2, -0.15) is 0 Å². The molecule has 3 heterocycles. The van der Waals surface area contributed by atoms with Gasteiger partial charge in [0.2, 0.25) is 9.84 Å². The first-order valence-corrected chi connectivity index (χ1v) is 16.3. The third-order valence-corrected chi connectivity index (χ3v) is 10.3. The van der Waals surface area contributed by atoms with E-state index >= 15 is 0 Å². The molecule has 0 bridgehead atoms. The highest BCUT2D eigenvalue weighted by Gasteiger charge is 2.34. The van der Waals surface area contributed by atoms with E-state index in [0.717, 1.165) is 44.2 Å². The molecule has 0 N–H and O–H groups in total. The minimum Gasteiger partial charge on any atom is -0.456 e. The van der Waals surface area contributed by atoms with Crippen LogP contribution in [0, 0.1) is 0 Å². The van der Waals surface area contributed by atoms with Gasteiger partial charge in [0.05, 0.1) is 9.79 Å². The molecular weight excluding hydrogens is 591 g/mol. The quantitative estimate of drug-likeness (QED) is 0.197. The monoisotopic (exact) mass is 613 g/mol. The third-order valence-electron chi connectivity index (χ3n) is 8.51. The Morgan fingerprint density at radius 2 is 1.00 bits per heavy atom. The minimum atomic E-state index is -3.78. The van der Waals surface area contributed by atoms with Crippen LogP contribution in [-0.2, 0) is 9.84 Å². The van der Waals surface area contributed by atoms with Crippen LogP contribution in [0.5, 0.6) is 0 Å². The summed E-state index contributed by atoms with van der Waals surface area (Å²) in [4.78, 5) is 15.3. The standard InChI is InChI=1S/C39H23N3O3S/c43-46(44)34-22-26(24-10-3-1-4-11-24)18-20-28(34)29-21-19-27(23-35(29)46)38-40-37(25-12-5-2-6-13-25)41-39(42-38)31-15-9-17-33-36(31)30-14-7-8-16-32(30)45-33/h1-23H. The molecule has 6 aromatic carbocycles. The van der Waals surface area contributed by atoms with Crippen LogP contribution in [0.15, 0.2) is 154 Å². The molecule has 0 aliphatic carbocycles. The van der Waals surface area contributed by atoms with Gasteiger partial charge in [-0.05, 0) is 35.4 Å². The number of furan rings is 1. The van der Waals surface area contributed by atoms with Crippen LogP contribution in [0.4, 0.5) is 0 Å². The number of fused-ring (bicyclic) bond motifs is 6. The predicted octanol–water partition coefficient (Wildman–Crippen LogP) is 9.25. The van der Waals surface area contributed by atoms with Crippen molar-refractivity contribution in [1.82, 2.24) is 15.0 Å². The number of aromatic nitrogens is 3. The maximum absolute atomic E-state index is 14.0. The fraction of sp³-hybridized carbons (Fsp3) is 0. The zero-order valence-corrected chi connectivity index (χ0v) is 25.1. The van der Waals surface area contributed by atoms with Crippen LogP contribution in [0.25, 0.3) is 78.4 Å². The molecule has 0 saturated carbocycles. The van der Waals surface area contributed by atoms with Crippen molar-refractivity contribution in [1.29, 1.82) is 0 Å². The van der Waals surface area contributed by atoms with Gasteiger partial charge in [0, 0.05) is 38.6 Å². The first kappa shape index (κ1) is 26.5. The summed E-state index contributed by atoms with van der Waals surface area (Å²) in [6.45, 7) is 0. The molecule has 0 amide bonds. The maximum Gasteiger partial charge on any atom is 0.207 e. The number of nitrogens with zero attached hydrogens (tertiary/aromatic N) is 3. The molecule has 218 valence electrons. The van der Waals surface area contributed by atoms with Crippen molar-refractivity contribution in [3.63, 3.8) is 0 Å². The van der Waals surface area contributed by atoms with Gasteiger partial charge in [-0.3, -0.25) is 0 Å². The molecule has 1 aliphatic heterocycles. The molecule has 9 rings (SSSR count). The van der Waals surface area contributed by atoms with Crippen LogP contribution in [-0.4, -0.2) is 23.4 Å². The van der Waals surface area contributed by atoms with Crippen molar-refractivity contribution in [2.45, 2.75) is 9.79 Å². The highest BCUT2D eigenvalue weighted by atomic mass is 32.2. The maximum atomic E-state index is 14.0. The van der Waals surface area contributed by atoms with Gasteiger partial charge in [-0.1, -0.05) is 115 Å². The molecule has 1 aliphatic rings. The second-order valence-electron chi connectivity index (χ2n) is 11.2. The Bertz CT molecular complexity index is 2600. The lowest BCUT2D eigenvalue weighted by atomic mass is 9.99. The molecule has 6 nitrogen and oxygen atoms in total. The van der Waals surface area contributed by atoms with Crippen molar-refractivity contribution in [2.24, 2.45) is 0 Å². The normalized spacial score (nSPS) is 13.1. The number of para-hydroxylation sites is 1. The van der Waals surface area contributed by atoms with E-state index in [9.17, 15) is 8.42 Å². The van der Waals surface area contributed by atoms with E-state index in [0.29, 0.717) is 39.1 Å². The Hall–Kier alpha value is -5.92. The second-order valence-corrected chi connectivity index (χ2v) is 13.1. The summed E-state index contributed by atoms with van der Waals surface area (Å²) in [6, 6.07) is 44.3. The van der Waals surface area contributed by atoms with E-state index in [1.807, 2.05) is 127 Å². The molecule has 7 heteroatoms. The Balaban J connectivity index is 1.22. The summed E-state index contributed by atoms with van der Waals surface area (Å²) in [5.74, 6) is 1.34. The van der Waals surface area contributed by atoms with E-state index in [-0.39, 0.29) is 4.90 Å². The molecule has 0 radical (unpaired) electrons. The van der Waals surface area contributed by atoms with Gasteiger partial charge in [0.25, 0.3) is 0 Å². The average molecular weight is 614 g/mol. The third kappa shape index (κ3) is 4.09. The highest BCUT2D eigenvalue weighted by molar-refractivity contribution is 7.92. The van der Waals surface area contributed by atoms with Gasteiger partial charge < -0.3 is 4.42 Å². The Labute approximate surface area is 264 Å². The SMILES string of the molecule is O=S1(=O)c2cc(-c3ccccc3)ccc2-c2ccc(-c3nc(-c4ccccc4)nc(-c4cccc5oc6ccccc6c45)n3)cc21. The second kappa shape index (κ2) is 10.1. The lowest BCUT2D eigenvalue weighted by molar-refractivity contribution is 0.598. The topological polar surface area (TPSA) is 86.0 Å².